The molecule has 3 saturated carbocycles. The highest BCUT2D eigenvalue weighted by Crippen LogP contribution is 2.68. The topological polar surface area (TPSA) is 122 Å². The Morgan fingerprint density at radius 1 is 1.12 bits per heavy atom. The van der Waals surface area contributed by atoms with E-state index in [4.69, 9.17) is 4.74 Å². The minimum atomic E-state index is -3.59. The van der Waals surface area contributed by atoms with Gasteiger partial charge in [-0.15, -0.1) is 0 Å². The molecule has 10 unspecified atom stereocenters. The quantitative estimate of drug-likeness (QED) is 0.544. The SMILES string of the molecule is CC1CCC2C(C)(C)C(=O)C(NS(C)(=O)=O)CC23OC2C(CC13C)C(O)CC1C(=O)NCC12. The van der Waals surface area contributed by atoms with Crippen LogP contribution in [0.3, 0.4) is 0 Å². The number of ether oxygens (including phenoxy) is 1. The highest BCUT2D eigenvalue weighted by Gasteiger charge is 2.72. The molecule has 33 heavy (non-hydrogen) atoms. The molecular formula is C24H38N2O6S. The lowest BCUT2D eigenvalue weighted by molar-refractivity contribution is -0.323. The number of aliphatic hydroxyl groups is 1. The van der Waals surface area contributed by atoms with E-state index in [9.17, 15) is 23.1 Å². The molecule has 3 N–H and O–H groups in total. The van der Waals surface area contributed by atoms with Gasteiger partial charge in [0.15, 0.2) is 5.78 Å². The van der Waals surface area contributed by atoms with Gasteiger partial charge in [0, 0.05) is 42.1 Å². The van der Waals surface area contributed by atoms with Gasteiger partial charge in [-0.2, -0.15) is 0 Å². The number of hydrogen-bond acceptors (Lipinski definition) is 6. The van der Waals surface area contributed by atoms with Crippen molar-refractivity contribution in [2.75, 3.05) is 12.8 Å². The molecule has 0 aromatic rings. The third-order valence-corrected chi connectivity index (χ3v) is 11.1. The summed E-state index contributed by atoms with van der Waals surface area (Å²) in [6, 6.07) is -0.847. The minimum Gasteiger partial charge on any atom is -0.393 e. The number of amides is 1. The molecular weight excluding hydrogens is 444 g/mol. The average molecular weight is 483 g/mol. The zero-order valence-corrected chi connectivity index (χ0v) is 21.1. The second-order valence-corrected chi connectivity index (χ2v) is 14.1. The molecule has 0 aromatic carbocycles. The molecule has 10 atom stereocenters. The lowest BCUT2D eigenvalue weighted by Crippen LogP contribution is -2.75. The number of sulfonamides is 1. The second-order valence-electron chi connectivity index (χ2n) is 12.3. The first-order chi connectivity index (χ1) is 15.2. The summed E-state index contributed by atoms with van der Waals surface area (Å²) in [5.41, 5.74) is -1.79. The Bertz CT molecular complexity index is 981. The van der Waals surface area contributed by atoms with E-state index in [2.05, 4.69) is 23.9 Å². The maximum atomic E-state index is 13.5. The normalized spacial score (nSPS) is 51.1. The molecule has 0 aromatic heterocycles. The summed E-state index contributed by atoms with van der Waals surface area (Å²) in [6.07, 6.45) is 3.51. The Morgan fingerprint density at radius 2 is 1.82 bits per heavy atom. The molecule has 8 nitrogen and oxygen atoms in total. The first-order valence-corrected chi connectivity index (χ1v) is 14.3. The molecule has 1 amide bonds. The van der Waals surface area contributed by atoms with Gasteiger partial charge in [0.25, 0.3) is 0 Å². The van der Waals surface area contributed by atoms with E-state index in [-0.39, 0.29) is 46.9 Å². The number of carbonyl (C=O) groups excluding carboxylic acids is 2. The Morgan fingerprint density at radius 3 is 2.48 bits per heavy atom. The van der Waals surface area contributed by atoms with Gasteiger partial charge in [-0.05, 0) is 37.0 Å². The van der Waals surface area contributed by atoms with E-state index in [1.807, 2.05) is 13.8 Å². The van der Waals surface area contributed by atoms with Crippen LogP contribution >= 0.6 is 0 Å². The van der Waals surface area contributed by atoms with Crippen LogP contribution in [0.15, 0.2) is 0 Å². The van der Waals surface area contributed by atoms with Crippen molar-refractivity contribution in [3.05, 3.63) is 0 Å². The monoisotopic (exact) mass is 482 g/mol. The van der Waals surface area contributed by atoms with Crippen molar-refractivity contribution in [3.63, 3.8) is 0 Å². The predicted molar refractivity (Wildman–Crippen MR) is 121 cm³/mol. The zero-order valence-electron chi connectivity index (χ0n) is 20.3. The molecule has 5 aliphatic rings. The van der Waals surface area contributed by atoms with Gasteiger partial charge in [-0.1, -0.05) is 27.7 Å². The second kappa shape index (κ2) is 7.24. The fourth-order valence-electron chi connectivity index (χ4n) is 8.56. The fraction of sp³-hybridized carbons (Fsp3) is 0.917. The van der Waals surface area contributed by atoms with Crippen LogP contribution in [0.4, 0.5) is 0 Å². The zero-order chi connectivity index (χ0) is 24.1. The highest BCUT2D eigenvalue weighted by molar-refractivity contribution is 7.88. The minimum absolute atomic E-state index is 0.00948. The van der Waals surface area contributed by atoms with E-state index in [1.54, 1.807) is 0 Å². The summed E-state index contributed by atoms with van der Waals surface area (Å²) in [5.74, 6) is -0.195. The van der Waals surface area contributed by atoms with Crippen molar-refractivity contribution in [3.8, 4) is 0 Å². The maximum absolute atomic E-state index is 13.5. The summed E-state index contributed by atoms with van der Waals surface area (Å²) in [4.78, 5) is 26.0. The van der Waals surface area contributed by atoms with Gasteiger partial charge in [-0.25, -0.2) is 13.1 Å². The van der Waals surface area contributed by atoms with E-state index in [0.717, 1.165) is 25.5 Å². The van der Waals surface area contributed by atoms with Crippen LogP contribution in [0.1, 0.15) is 59.8 Å². The van der Waals surface area contributed by atoms with Gasteiger partial charge in [-0.3, -0.25) is 9.59 Å². The largest absolute Gasteiger partial charge is 0.393 e. The van der Waals surface area contributed by atoms with Gasteiger partial charge in [0.1, 0.15) is 0 Å². The summed E-state index contributed by atoms with van der Waals surface area (Å²) >= 11 is 0. The molecule has 9 heteroatoms. The average Bonchev–Trinajstić information content (AvgIpc) is 3.06. The van der Waals surface area contributed by atoms with Gasteiger partial charge >= 0.3 is 0 Å². The van der Waals surface area contributed by atoms with E-state index < -0.39 is 33.2 Å². The molecule has 5 rings (SSSR count). The first kappa shape index (κ1) is 23.7. The Kier molecular flexibility index (Phi) is 5.20. The summed E-state index contributed by atoms with van der Waals surface area (Å²) in [6.45, 7) is 8.85. The number of Topliss-reactive ketones (excluding diaryl/α,β-unsaturated/α-hetero) is 1. The van der Waals surface area contributed by atoms with Gasteiger partial charge in [0.2, 0.25) is 15.9 Å². The van der Waals surface area contributed by atoms with Crippen LogP contribution in [-0.2, 0) is 24.3 Å². The van der Waals surface area contributed by atoms with Crippen molar-refractivity contribution in [1.29, 1.82) is 0 Å². The van der Waals surface area contributed by atoms with Gasteiger partial charge < -0.3 is 15.2 Å². The molecule has 186 valence electrons. The molecule has 2 heterocycles. The summed E-state index contributed by atoms with van der Waals surface area (Å²) in [7, 11) is -3.59. The van der Waals surface area contributed by atoms with E-state index >= 15 is 0 Å². The number of aliphatic hydroxyl groups excluding tert-OH is 1. The van der Waals surface area contributed by atoms with Crippen LogP contribution in [0, 0.1) is 40.4 Å². The van der Waals surface area contributed by atoms with Crippen LogP contribution in [0.2, 0.25) is 0 Å². The molecule has 0 bridgehead atoms. The summed E-state index contributed by atoms with van der Waals surface area (Å²) < 4.78 is 34.2. The van der Waals surface area contributed by atoms with E-state index in [0.29, 0.717) is 25.3 Å². The lowest BCUT2D eigenvalue weighted by atomic mass is 9.42. The number of carbonyl (C=O) groups is 2. The van der Waals surface area contributed by atoms with Crippen LogP contribution < -0.4 is 10.0 Å². The summed E-state index contributed by atoms with van der Waals surface area (Å²) in [5, 5.41) is 14.1. The van der Waals surface area contributed by atoms with Crippen LogP contribution in [-0.4, -0.2) is 61.9 Å². The Hall–Kier alpha value is -1.03. The fourth-order valence-corrected chi connectivity index (χ4v) is 9.26. The first-order valence-electron chi connectivity index (χ1n) is 12.4. The number of rotatable bonds is 2. The third kappa shape index (κ3) is 3.21. The number of fused-ring (bicyclic) bond motifs is 3. The van der Waals surface area contributed by atoms with Crippen molar-refractivity contribution in [1.82, 2.24) is 10.0 Å². The lowest BCUT2D eigenvalue weighted by Gasteiger charge is -2.70. The molecule has 2 saturated heterocycles. The van der Waals surface area contributed by atoms with E-state index in [1.165, 1.54) is 0 Å². The van der Waals surface area contributed by atoms with Crippen molar-refractivity contribution in [2.24, 2.45) is 40.4 Å². The van der Waals surface area contributed by atoms with Gasteiger partial charge in [0.05, 0.1) is 30.1 Å². The number of nitrogens with one attached hydrogen (secondary N) is 2. The maximum Gasteiger partial charge on any atom is 0.223 e. The van der Waals surface area contributed by atoms with Crippen molar-refractivity contribution >= 4 is 21.7 Å². The van der Waals surface area contributed by atoms with Crippen LogP contribution in [0.5, 0.6) is 0 Å². The Labute approximate surface area is 196 Å². The Balaban J connectivity index is 1.63. The molecule has 0 radical (unpaired) electrons. The third-order valence-electron chi connectivity index (χ3n) is 10.4. The molecule has 2 aliphatic heterocycles. The standard InChI is InChI=1S/C24H38N2O6S/c1-12-6-7-18-22(2,3)20(28)16(26-33(5,30)31)10-24(18)23(12,4)9-14-17(27)8-13-15(19(14)32-24)11-25-21(13)29/h12-19,26-27H,6-11H2,1-5H3,(H,25,29). The predicted octanol–water partition coefficient (Wildman–Crippen LogP) is 1.23. The smallest absolute Gasteiger partial charge is 0.223 e. The molecule has 1 spiro atoms. The van der Waals surface area contributed by atoms with Crippen molar-refractivity contribution in [2.45, 2.75) is 83.6 Å². The number of hydrogen-bond donors (Lipinski definition) is 3. The highest BCUT2D eigenvalue weighted by atomic mass is 32.2. The van der Waals surface area contributed by atoms with Crippen molar-refractivity contribution < 1.29 is 27.9 Å². The number of ketones is 1. The molecule has 5 fully saturated rings. The van der Waals surface area contributed by atoms with Crippen LogP contribution in [0.25, 0.3) is 0 Å². The molecule has 3 aliphatic carbocycles.